The fourth-order valence-electron chi connectivity index (χ4n) is 1.79. The van der Waals surface area contributed by atoms with E-state index in [4.69, 9.17) is 14.6 Å². The topological polar surface area (TPSA) is 59.0 Å². The van der Waals surface area contributed by atoms with E-state index >= 15 is 0 Å². The number of amides is 1. The number of ether oxygens (including phenoxy) is 2. The first-order valence-electron chi connectivity index (χ1n) is 6.39. The number of carbonyl (C=O) groups is 1. The van der Waals surface area contributed by atoms with Crippen LogP contribution in [0.4, 0.5) is 4.79 Å². The summed E-state index contributed by atoms with van der Waals surface area (Å²) < 4.78 is 12.2. The molecule has 2 atom stereocenters. The monoisotopic (exact) mass is 393 g/mol. The molecule has 0 aliphatic heterocycles. The Labute approximate surface area is 133 Å². The molecule has 20 heavy (non-hydrogen) atoms. The molecule has 1 aromatic rings. The molecule has 0 heterocycles. The van der Waals surface area contributed by atoms with Crippen LogP contribution in [0.5, 0.6) is 0 Å². The SMILES string of the molecule is CCC[C@H](O[C@H](OC)c1ccccc1I)N(C)C(=O)O. The van der Waals surface area contributed by atoms with Crippen LogP contribution in [-0.2, 0) is 9.47 Å². The Kier molecular flexibility index (Phi) is 7.25. The highest BCUT2D eigenvalue weighted by Crippen LogP contribution is 2.26. The Morgan fingerprint density at radius 1 is 1.45 bits per heavy atom. The van der Waals surface area contributed by atoms with Gasteiger partial charge in [0.1, 0.15) is 6.23 Å². The summed E-state index contributed by atoms with van der Waals surface area (Å²) in [6, 6.07) is 7.72. The van der Waals surface area contributed by atoms with Crippen molar-refractivity contribution in [3.05, 3.63) is 33.4 Å². The number of benzene rings is 1. The minimum Gasteiger partial charge on any atom is -0.465 e. The van der Waals surface area contributed by atoms with Crippen molar-refractivity contribution in [2.24, 2.45) is 0 Å². The van der Waals surface area contributed by atoms with Gasteiger partial charge in [-0.25, -0.2) is 4.79 Å². The lowest BCUT2D eigenvalue weighted by molar-refractivity contribution is -0.192. The summed E-state index contributed by atoms with van der Waals surface area (Å²) in [4.78, 5) is 12.3. The lowest BCUT2D eigenvalue weighted by Gasteiger charge is -2.29. The van der Waals surface area contributed by atoms with E-state index in [1.165, 1.54) is 11.9 Å². The number of methoxy groups -OCH3 is 1. The highest BCUT2D eigenvalue weighted by atomic mass is 127. The highest BCUT2D eigenvalue weighted by Gasteiger charge is 2.24. The van der Waals surface area contributed by atoms with Gasteiger partial charge in [-0.3, -0.25) is 4.90 Å². The van der Waals surface area contributed by atoms with Crippen LogP contribution in [-0.4, -0.2) is 36.5 Å². The maximum atomic E-state index is 11.1. The highest BCUT2D eigenvalue weighted by molar-refractivity contribution is 14.1. The standard InChI is InChI=1S/C14H20INO4/c1-4-7-12(16(2)14(17)18)20-13(19-3)10-8-5-6-9-11(10)15/h5-6,8-9,12-13H,4,7H2,1-3H3,(H,17,18)/t12-,13-/m0/s1. The molecule has 1 N–H and O–H groups in total. The minimum atomic E-state index is -1.01. The maximum absolute atomic E-state index is 11.1. The van der Waals surface area contributed by atoms with Crippen LogP contribution in [0.3, 0.4) is 0 Å². The first-order valence-corrected chi connectivity index (χ1v) is 7.47. The van der Waals surface area contributed by atoms with E-state index in [0.29, 0.717) is 6.42 Å². The van der Waals surface area contributed by atoms with Crippen molar-refractivity contribution in [1.82, 2.24) is 4.90 Å². The molecule has 0 saturated heterocycles. The van der Waals surface area contributed by atoms with Crippen LogP contribution in [0.1, 0.15) is 31.6 Å². The molecule has 0 unspecified atom stereocenters. The summed E-state index contributed by atoms with van der Waals surface area (Å²) >= 11 is 2.21. The van der Waals surface area contributed by atoms with Gasteiger partial charge in [-0.05, 0) is 35.1 Å². The quantitative estimate of drug-likeness (QED) is 0.567. The molecule has 0 bridgehead atoms. The van der Waals surface area contributed by atoms with Gasteiger partial charge in [0, 0.05) is 23.3 Å². The number of hydrogen-bond donors (Lipinski definition) is 1. The predicted octanol–water partition coefficient (Wildman–Crippen LogP) is 3.69. The van der Waals surface area contributed by atoms with Crippen molar-refractivity contribution in [1.29, 1.82) is 0 Å². The lowest BCUT2D eigenvalue weighted by Crippen LogP contribution is -2.39. The van der Waals surface area contributed by atoms with E-state index in [0.717, 1.165) is 15.6 Å². The van der Waals surface area contributed by atoms with Crippen LogP contribution >= 0.6 is 22.6 Å². The summed E-state index contributed by atoms with van der Waals surface area (Å²) in [6.45, 7) is 1.99. The second-order valence-electron chi connectivity index (χ2n) is 4.36. The summed E-state index contributed by atoms with van der Waals surface area (Å²) in [5, 5.41) is 9.09. The van der Waals surface area contributed by atoms with E-state index in [1.807, 2.05) is 31.2 Å². The largest absolute Gasteiger partial charge is 0.465 e. The van der Waals surface area contributed by atoms with Gasteiger partial charge in [-0.1, -0.05) is 31.5 Å². The van der Waals surface area contributed by atoms with Gasteiger partial charge in [0.25, 0.3) is 0 Å². The third kappa shape index (κ3) is 4.60. The van der Waals surface area contributed by atoms with Crippen molar-refractivity contribution in [2.75, 3.05) is 14.2 Å². The summed E-state index contributed by atoms with van der Waals surface area (Å²) in [7, 11) is 3.06. The normalized spacial score (nSPS) is 13.8. The molecule has 0 aromatic heterocycles. The van der Waals surface area contributed by atoms with Gasteiger partial charge in [0.15, 0.2) is 6.29 Å². The fraction of sp³-hybridized carbons (Fsp3) is 0.500. The molecule has 0 aliphatic carbocycles. The molecule has 5 nitrogen and oxygen atoms in total. The van der Waals surface area contributed by atoms with Gasteiger partial charge in [-0.15, -0.1) is 0 Å². The smallest absolute Gasteiger partial charge is 0.409 e. The molecule has 1 amide bonds. The zero-order chi connectivity index (χ0) is 15.1. The predicted molar refractivity (Wildman–Crippen MR) is 84.5 cm³/mol. The molecule has 0 fully saturated rings. The number of rotatable bonds is 7. The molecule has 1 rings (SSSR count). The Balaban J connectivity index is 2.89. The van der Waals surface area contributed by atoms with E-state index in [2.05, 4.69) is 22.6 Å². The molecule has 1 aromatic carbocycles. The van der Waals surface area contributed by atoms with Gasteiger partial charge < -0.3 is 14.6 Å². The third-order valence-corrected chi connectivity index (χ3v) is 3.91. The second-order valence-corrected chi connectivity index (χ2v) is 5.52. The first kappa shape index (κ1) is 17.2. The summed E-state index contributed by atoms with van der Waals surface area (Å²) in [5.74, 6) is 0. The van der Waals surface area contributed by atoms with Crippen molar-refractivity contribution < 1.29 is 19.4 Å². The Morgan fingerprint density at radius 3 is 2.60 bits per heavy atom. The van der Waals surface area contributed by atoms with Crippen molar-refractivity contribution >= 4 is 28.7 Å². The average Bonchev–Trinajstić information content (AvgIpc) is 2.43. The van der Waals surface area contributed by atoms with Crippen LogP contribution in [0.2, 0.25) is 0 Å². The van der Waals surface area contributed by atoms with Crippen molar-refractivity contribution in [2.45, 2.75) is 32.3 Å². The van der Waals surface area contributed by atoms with E-state index in [9.17, 15) is 4.79 Å². The molecule has 0 radical (unpaired) electrons. The Morgan fingerprint density at radius 2 is 2.10 bits per heavy atom. The molecule has 0 spiro atoms. The van der Waals surface area contributed by atoms with E-state index in [-0.39, 0.29) is 0 Å². The second kappa shape index (κ2) is 8.43. The van der Waals surface area contributed by atoms with Crippen LogP contribution in [0, 0.1) is 3.57 Å². The number of halogens is 1. The molecule has 0 saturated carbocycles. The van der Waals surface area contributed by atoms with E-state index < -0.39 is 18.6 Å². The third-order valence-electron chi connectivity index (χ3n) is 2.92. The summed E-state index contributed by atoms with van der Waals surface area (Å²) in [5.41, 5.74) is 0.899. The number of hydrogen-bond acceptors (Lipinski definition) is 3. The van der Waals surface area contributed by atoms with Gasteiger partial charge in [0.05, 0.1) is 0 Å². The first-order chi connectivity index (χ1) is 9.51. The Bertz CT molecular complexity index is 441. The summed E-state index contributed by atoms with van der Waals surface area (Å²) in [6.07, 6.45) is -0.683. The van der Waals surface area contributed by atoms with Gasteiger partial charge in [0.2, 0.25) is 0 Å². The molecular formula is C14H20INO4. The number of nitrogens with zero attached hydrogens (tertiary/aromatic N) is 1. The number of carboxylic acid groups (broad SMARTS) is 1. The van der Waals surface area contributed by atoms with Crippen LogP contribution in [0.15, 0.2) is 24.3 Å². The zero-order valence-corrected chi connectivity index (χ0v) is 14.0. The molecule has 6 heteroatoms. The van der Waals surface area contributed by atoms with Gasteiger partial charge >= 0.3 is 6.09 Å². The minimum absolute atomic E-state index is 0.529. The zero-order valence-electron chi connectivity index (χ0n) is 11.9. The van der Waals surface area contributed by atoms with Crippen LogP contribution < -0.4 is 0 Å². The molecular weight excluding hydrogens is 373 g/mol. The Hall–Kier alpha value is -0.860. The van der Waals surface area contributed by atoms with Gasteiger partial charge in [-0.2, -0.15) is 0 Å². The van der Waals surface area contributed by atoms with Crippen LogP contribution in [0.25, 0.3) is 0 Å². The average molecular weight is 393 g/mol. The van der Waals surface area contributed by atoms with E-state index in [1.54, 1.807) is 7.11 Å². The maximum Gasteiger partial charge on any atom is 0.409 e. The molecule has 112 valence electrons. The molecule has 0 aliphatic rings. The van der Waals surface area contributed by atoms with Crippen molar-refractivity contribution in [3.8, 4) is 0 Å². The van der Waals surface area contributed by atoms with Crippen molar-refractivity contribution in [3.63, 3.8) is 0 Å². The fourth-order valence-corrected chi connectivity index (χ4v) is 2.43. The lowest BCUT2D eigenvalue weighted by atomic mass is 10.2.